The Bertz CT molecular complexity index is 688. The second-order valence-electron chi connectivity index (χ2n) is 10.9. The van der Waals surface area contributed by atoms with Crippen LogP contribution < -0.4 is 11.1 Å². The first-order valence-corrected chi connectivity index (χ1v) is 14.7. The summed E-state index contributed by atoms with van der Waals surface area (Å²) in [5.41, 5.74) is 8.96. The van der Waals surface area contributed by atoms with Crippen molar-refractivity contribution < 1.29 is 5.11 Å². The van der Waals surface area contributed by atoms with Gasteiger partial charge in [-0.1, -0.05) is 59.5 Å². The van der Waals surface area contributed by atoms with E-state index >= 15 is 0 Å². The van der Waals surface area contributed by atoms with Gasteiger partial charge in [-0.15, -0.1) is 0 Å². The topological polar surface area (TPSA) is 71.2 Å². The summed E-state index contributed by atoms with van der Waals surface area (Å²) in [6, 6.07) is 4.29. The van der Waals surface area contributed by atoms with Gasteiger partial charge in [0.15, 0.2) is 0 Å². The minimum atomic E-state index is -0.464. The van der Waals surface area contributed by atoms with Gasteiger partial charge in [-0.2, -0.15) is 11.8 Å². The number of pyridine rings is 1. The largest absolute Gasteiger partial charge is 0.391 e. The van der Waals surface area contributed by atoms with Gasteiger partial charge in [0.25, 0.3) is 0 Å². The number of hydrogen-bond donors (Lipinski definition) is 3. The van der Waals surface area contributed by atoms with Crippen LogP contribution >= 0.6 is 11.8 Å². The third kappa shape index (κ3) is 10.7. The highest BCUT2D eigenvalue weighted by Gasteiger charge is 2.43. The average molecular weight is 490 g/mol. The SMILES string of the molecule is C=C(CCSC(C)C)NC(CC1CC1)CC(N)(C(O)CC)C1CCCCC1.Cc1ccncc1. The Morgan fingerprint density at radius 2 is 1.85 bits per heavy atom. The molecule has 2 saturated carbocycles. The molecule has 2 fully saturated rings. The van der Waals surface area contributed by atoms with Crippen LogP contribution in [0, 0.1) is 18.8 Å². The number of aromatic nitrogens is 1. The van der Waals surface area contributed by atoms with Crippen molar-refractivity contribution in [1.29, 1.82) is 0 Å². The maximum Gasteiger partial charge on any atom is 0.0720 e. The zero-order valence-electron chi connectivity index (χ0n) is 22.3. The Labute approximate surface area is 214 Å². The molecule has 0 spiro atoms. The minimum Gasteiger partial charge on any atom is -0.391 e. The van der Waals surface area contributed by atoms with Gasteiger partial charge in [-0.25, -0.2) is 0 Å². The maximum atomic E-state index is 10.9. The number of nitrogens with two attached hydrogens (primary N) is 1. The van der Waals surface area contributed by atoms with E-state index in [9.17, 15) is 5.11 Å². The second-order valence-corrected chi connectivity index (χ2v) is 12.6. The molecule has 0 bridgehead atoms. The quantitative estimate of drug-likeness (QED) is 0.290. The van der Waals surface area contributed by atoms with E-state index in [0.717, 1.165) is 36.6 Å². The first-order chi connectivity index (χ1) is 16.2. The van der Waals surface area contributed by atoms with Crippen LogP contribution in [-0.2, 0) is 0 Å². The highest BCUT2D eigenvalue weighted by molar-refractivity contribution is 7.99. The zero-order valence-corrected chi connectivity index (χ0v) is 23.1. The van der Waals surface area contributed by atoms with Crippen molar-refractivity contribution in [2.75, 3.05) is 5.75 Å². The summed E-state index contributed by atoms with van der Waals surface area (Å²) < 4.78 is 0. The lowest BCUT2D eigenvalue weighted by Crippen LogP contribution is -2.59. The summed E-state index contributed by atoms with van der Waals surface area (Å²) in [5, 5.41) is 15.3. The molecule has 0 aliphatic heterocycles. The number of nitrogens with zero attached hydrogens (tertiary/aromatic N) is 1. The molecule has 0 amide bonds. The van der Waals surface area contributed by atoms with Gasteiger partial charge in [0, 0.05) is 29.7 Å². The van der Waals surface area contributed by atoms with Gasteiger partial charge in [-0.05, 0) is 86.0 Å². The number of aliphatic hydroxyl groups excluding tert-OH is 1. The molecule has 34 heavy (non-hydrogen) atoms. The van der Waals surface area contributed by atoms with Crippen LogP contribution in [0.2, 0.25) is 0 Å². The van der Waals surface area contributed by atoms with E-state index in [1.807, 2.05) is 30.8 Å². The van der Waals surface area contributed by atoms with Crippen molar-refractivity contribution in [3.63, 3.8) is 0 Å². The van der Waals surface area contributed by atoms with Crippen molar-refractivity contribution in [2.24, 2.45) is 17.6 Å². The van der Waals surface area contributed by atoms with Gasteiger partial charge < -0.3 is 16.2 Å². The van der Waals surface area contributed by atoms with E-state index in [-0.39, 0.29) is 0 Å². The molecular formula is C29H51N3OS. The van der Waals surface area contributed by atoms with Crippen molar-refractivity contribution in [2.45, 2.75) is 121 Å². The number of thioether (sulfide) groups is 1. The first kappa shape index (κ1) is 29.2. The number of aliphatic hydroxyl groups is 1. The lowest BCUT2D eigenvalue weighted by atomic mass is 9.68. The normalized spacial score (nSPS) is 20.1. The van der Waals surface area contributed by atoms with Crippen LogP contribution in [-0.4, -0.2) is 38.8 Å². The molecule has 1 aromatic heterocycles. The number of allylic oxidation sites excluding steroid dienone is 1. The lowest BCUT2D eigenvalue weighted by Gasteiger charge is -2.45. The standard InChI is InChI=1S/C23H44N2OS.C6H7N/c1-5-22(26)23(24,20-9-7-6-8-10-20)16-21(15-19-11-12-19)25-18(4)13-14-27-17(2)3;1-6-2-4-7-5-3-6/h17,19-22,25-26H,4-16,24H2,1-3H3;2-5H,1H3. The third-order valence-electron chi connectivity index (χ3n) is 7.40. The van der Waals surface area contributed by atoms with Crippen molar-refractivity contribution in [3.05, 3.63) is 42.4 Å². The molecule has 2 aliphatic rings. The third-order valence-corrected chi connectivity index (χ3v) is 8.50. The van der Waals surface area contributed by atoms with E-state index in [1.165, 1.54) is 56.9 Å². The molecule has 0 aromatic carbocycles. The monoisotopic (exact) mass is 489 g/mol. The van der Waals surface area contributed by atoms with Crippen LogP contribution in [0.3, 0.4) is 0 Å². The molecule has 5 heteroatoms. The van der Waals surface area contributed by atoms with Gasteiger partial charge >= 0.3 is 0 Å². The zero-order chi connectivity index (χ0) is 25.0. The summed E-state index contributed by atoms with van der Waals surface area (Å²) in [4.78, 5) is 3.85. The second kappa shape index (κ2) is 15.2. The highest BCUT2D eigenvalue weighted by atomic mass is 32.2. The van der Waals surface area contributed by atoms with Crippen LogP contribution in [0.15, 0.2) is 36.8 Å². The van der Waals surface area contributed by atoms with Gasteiger partial charge in [0.2, 0.25) is 0 Å². The van der Waals surface area contributed by atoms with Crippen molar-refractivity contribution in [3.8, 4) is 0 Å². The van der Waals surface area contributed by atoms with E-state index in [0.29, 0.717) is 17.2 Å². The Kier molecular flexibility index (Phi) is 13.0. The molecule has 0 radical (unpaired) electrons. The molecule has 194 valence electrons. The summed E-state index contributed by atoms with van der Waals surface area (Å²) in [7, 11) is 0. The molecule has 3 atom stereocenters. The van der Waals surface area contributed by atoms with E-state index in [2.05, 4.69) is 37.7 Å². The number of aryl methyl sites for hydroxylation is 1. The van der Waals surface area contributed by atoms with E-state index in [4.69, 9.17) is 5.73 Å². The number of hydrogen-bond acceptors (Lipinski definition) is 5. The van der Waals surface area contributed by atoms with Crippen molar-refractivity contribution in [1.82, 2.24) is 10.3 Å². The lowest BCUT2D eigenvalue weighted by molar-refractivity contribution is 0.0172. The van der Waals surface area contributed by atoms with Gasteiger partial charge in [-0.3, -0.25) is 4.98 Å². The number of rotatable bonds is 13. The van der Waals surface area contributed by atoms with Crippen molar-refractivity contribution >= 4 is 11.8 Å². The van der Waals surface area contributed by atoms with Crippen LogP contribution in [0.4, 0.5) is 0 Å². The Morgan fingerprint density at radius 1 is 1.21 bits per heavy atom. The molecule has 3 rings (SSSR count). The number of nitrogens with one attached hydrogen (secondary N) is 1. The molecule has 3 unspecified atom stereocenters. The van der Waals surface area contributed by atoms with Crippen LogP contribution in [0.5, 0.6) is 0 Å². The molecule has 1 aromatic rings. The highest BCUT2D eigenvalue weighted by Crippen LogP contribution is 2.40. The Morgan fingerprint density at radius 3 is 2.35 bits per heavy atom. The minimum absolute atomic E-state index is 0.349. The molecule has 2 aliphatic carbocycles. The maximum absolute atomic E-state index is 10.9. The molecule has 0 saturated heterocycles. The molecule has 1 heterocycles. The van der Waals surface area contributed by atoms with Gasteiger partial charge in [0.1, 0.15) is 0 Å². The molecule has 4 N–H and O–H groups in total. The smallest absolute Gasteiger partial charge is 0.0720 e. The fourth-order valence-corrected chi connectivity index (χ4v) is 6.01. The fourth-order valence-electron chi connectivity index (χ4n) is 5.18. The molecular weight excluding hydrogens is 438 g/mol. The van der Waals surface area contributed by atoms with Crippen LogP contribution in [0.1, 0.15) is 97.0 Å². The average Bonchev–Trinajstić information content (AvgIpc) is 3.63. The summed E-state index contributed by atoms with van der Waals surface area (Å²) >= 11 is 1.99. The van der Waals surface area contributed by atoms with Gasteiger partial charge in [0.05, 0.1) is 6.10 Å². The predicted molar refractivity (Wildman–Crippen MR) is 149 cm³/mol. The Balaban J connectivity index is 0.000000497. The summed E-state index contributed by atoms with van der Waals surface area (Å²) in [6.07, 6.45) is 15.9. The van der Waals surface area contributed by atoms with E-state index < -0.39 is 11.6 Å². The summed E-state index contributed by atoms with van der Waals surface area (Å²) in [6.45, 7) is 12.9. The van der Waals surface area contributed by atoms with E-state index in [1.54, 1.807) is 12.4 Å². The summed E-state index contributed by atoms with van der Waals surface area (Å²) in [5.74, 6) is 2.41. The van der Waals surface area contributed by atoms with Crippen LogP contribution in [0.25, 0.3) is 0 Å². The Hall–Kier alpha value is -1.04. The molecule has 4 nitrogen and oxygen atoms in total. The predicted octanol–water partition coefficient (Wildman–Crippen LogP) is 6.62. The fraction of sp³-hybridized carbons (Fsp3) is 0.759. The first-order valence-electron chi connectivity index (χ1n) is 13.6.